The van der Waals surface area contributed by atoms with Crippen molar-refractivity contribution >= 4 is 11.6 Å². The molecule has 0 spiro atoms. The van der Waals surface area contributed by atoms with Crippen LogP contribution in [0.15, 0.2) is 18.2 Å². The molecule has 0 aliphatic heterocycles. The average molecular weight is 294 g/mol. The zero-order valence-corrected chi connectivity index (χ0v) is 12.6. The van der Waals surface area contributed by atoms with Crippen LogP contribution in [0.5, 0.6) is 5.75 Å². The topological polar surface area (TPSA) is 64.3 Å². The number of methoxy groups -OCH3 is 1. The van der Waals surface area contributed by atoms with Crippen molar-refractivity contribution in [2.45, 2.75) is 32.6 Å². The first-order chi connectivity index (χ1) is 10.0. The number of carbonyl (C=O) groups is 1. The van der Waals surface area contributed by atoms with Gasteiger partial charge in [0.25, 0.3) is 0 Å². The maximum absolute atomic E-state index is 13.4. The van der Waals surface area contributed by atoms with Gasteiger partial charge in [-0.05, 0) is 43.7 Å². The Hall–Kier alpha value is -1.62. The maximum Gasteiger partial charge on any atom is 0.231 e. The maximum atomic E-state index is 13.4. The lowest BCUT2D eigenvalue weighted by Gasteiger charge is -2.37. The second kappa shape index (κ2) is 6.43. The molecular weight excluding hydrogens is 271 g/mol. The largest absolute Gasteiger partial charge is 0.494 e. The molecule has 0 bridgehead atoms. The summed E-state index contributed by atoms with van der Waals surface area (Å²) in [5, 5.41) is 2.85. The summed E-state index contributed by atoms with van der Waals surface area (Å²) in [4.78, 5) is 12.6. The first-order valence-corrected chi connectivity index (χ1v) is 7.36. The fraction of sp³-hybridized carbons (Fsp3) is 0.562. The lowest BCUT2D eigenvalue weighted by molar-refractivity contribution is -0.127. The summed E-state index contributed by atoms with van der Waals surface area (Å²) in [6, 6.07) is 4.31. The minimum absolute atomic E-state index is 0.0782. The lowest BCUT2D eigenvalue weighted by atomic mass is 9.70. The van der Waals surface area contributed by atoms with E-state index in [1.807, 2.05) is 0 Å². The summed E-state index contributed by atoms with van der Waals surface area (Å²) in [5.41, 5.74) is 5.90. The van der Waals surface area contributed by atoms with Gasteiger partial charge in [0.15, 0.2) is 11.6 Å². The number of carbonyl (C=O) groups excluding carboxylic acids is 1. The molecule has 0 unspecified atom stereocenters. The van der Waals surface area contributed by atoms with Gasteiger partial charge in [-0.15, -0.1) is 0 Å². The molecule has 1 aromatic carbocycles. The van der Waals surface area contributed by atoms with E-state index in [-0.39, 0.29) is 11.7 Å². The molecule has 4 nitrogen and oxygen atoms in total. The first-order valence-electron chi connectivity index (χ1n) is 7.36. The highest BCUT2D eigenvalue weighted by molar-refractivity contribution is 5.95. The number of nitrogens with two attached hydrogens (primary N) is 1. The van der Waals surface area contributed by atoms with Crippen LogP contribution < -0.4 is 15.8 Å². The van der Waals surface area contributed by atoms with Crippen molar-refractivity contribution < 1.29 is 13.9 Å². The van der Waals surface area contributed by atoms with Crippen LogP contribution in [0, 0.1) is 17.2 Å². The van der Waals surface area contributed by atoms with Crippen molar-refractivity contribution in [1.82, 2.24) is 0 Å². The minimum Gasteiger partial charge on any atom is -0.494 e. The lowest BCUT2D eigenvalue weighted by Crippen LogP contribution is -2.44. The molecule has 5 heteroatoms. The molecule has 1 aliphatic rings. The highest BCUT2D eigenvalue weighted by atomic mass is 19.1. The SMILES string of the molecule is COc1cc(NC(=O)C2(CN)CCC(C)CC2)ccc1F. The van der Waals surface area contributed by atoms with Gasteiger partial charge in [0.05, 0.1) is 12.5 Å². The molecule has 1 amide bonds. The minimum atomic E-state index is -0.506. The van der Waals surface area contributed by atoms with Crippen molar-refractivity contribution in [3.63, 3.8) is 0 Å². The Kier molecular flexibility index (Phi) is 4.83. The first kappa shape index (κ1) is 15.8. The molecule has 3 N–H and O–H groups in total. The van der Waals surface area contributed by atoms with E-state index in [1.165, 1.54) is 25.3 Å². The zero-order chi connectivity index (χ0) is 15.5. The Balaban J connectivity index is 2.12. The number of amides is 1. The smallest absolute Gasteiger partial charge is 0.231 e. The normalized spacial score (nSPS) is 25.4. The highest BCUT2D eigenvalue weighted by Gasteiger charge is 2.39. The molecular formula is C16H23FN2O2. The summed E-state index contributed by atoms with van der Waals surface area (Å²) in [5.74, 6) is 0.233. The van der Waals surface area contributed by atoms with Gasteiger partial charge in [0, 0.05) is 18.3 Å². The van der Waals surface area contributed by atoms with E-state index in [0.717, 1.165) is 25.7 Å². The van der Waals surface area contributed by atoms with Crippen LogP contribution in [-0.2, 0) is 4.79 Å². The van der Waals surface area contributed by atoms with Gasteiger partial charge in [-0.2, -0.15) is 0 Å². The summed E-state index contributed by atoms with van der Waals surface area (Å²) < 4.78 is 18.3. The number of anilines is 1. The molecule has 0 aromatic heterocycles. The summed E-state index contributed by atoms with van der Waals surface area (Å²) >= 11 is 0. The van der Waals surface area contributed by atoms with Gasteiger partial charge in [0.2, 0.25) is 5.91 Å². The average Bonchev–Trinajstić information content (AvgIpc) is 2.50. The van der Waals surface area contributed by atoms with Gasteiger partial charge < -0.3 is 15.8 Å². The Morgan fingerprint density at radius 1 is 1.48 bits per heavy atom. The van der Waals surface area contributed by atoms with E-state index in [1.54, 1.807) is 0 Å². The van der Waals surface area contributed by atoms with E-state index in [4.69, 9.17) is 10.5 Å². The summed E-state index contributed by atoms with van der Waals surface area (Å²) in [6.07, 6.45) is 3.62. The third-order valence-corrected chi connectivity index (χ3v) is 4.51. The molecule has 116 valence electrons. The number of rotatable bonds is 4. The molecule has 2 rings (SSSR count). The van der Waals surface area contributed by atoms with Crippen molar-refractivity contribution in [1.29, 1.82) is 0 Å². The van der Waals surface area contributed by atoms with Gasteiger partial charge in [-0.25, -0.2) is 4.39 Å². The monoisotopic (exact) mass is 294 g/mol. The van der Waals surface area contributed by atoms with Crippen LogP contribution >= 0.6 is 0 Å². The Morgan fingerprint density at radius 3 is 2.71 bits per heavy atom. The second-order valence-electron chi connectivity index (χ2n) is 5.97. The number of nitrogens with one attached hydrogen (secondary N) is 1. The van der Waals surface area contributed by atoms with Gasteiger partial charge >= 0.3 is 0 Å². The third kappa shape index (κ3) is 3.35. The van der Waals surface area contributed by atoms with E-state index < -0.39 is 11.2 Å². The predicted octanol–water partition coefficient (Wildman–Crippen LogP) is 2.93. The number of ether oxygens (including phenoxy) is 1. The van der Waals surface area contributed by atoms with Gasteiger partial charge in [-0.3, -0.25) is 4.79 Å². The molecule has 1 aromatic rings. The van der Waals surface area contributed by atoms with E-state index in [9.17, 15) is 9.18 Å². The molecule has 0 atom stereocenters. The molecule has 1 saturated carbocycles. The van der Waals surface area contributed by atoms with E-state index in [0.29, 0.717) is 18.2 Å². The molecule has 21 heavy (non-hydrogen) atoms. The van der Waals surface area contributed by atoms with E-state index >= 15 is 0 Å². The summed E-state index contributed by atoms with van der Waals surface area (Å²) in [6.45, 7) is 2.53. The zero-order valence-electron chi connectivity index (χ0n) is 12.6. The van der Waals surface area contributed by atoms with Crippen LogP contribution in [0.1, 0.15) is 32.6 Å². The quantitative estimate of drug-likeness (QED) is 0.897. The second-order valence-corrected chi connectivity index (χ2v) is 5.97. The molecule has 0 saturated heterocycles. The van der Waals surface area contributed by atoms with Crippen molar-refractivity contribution in [3.8, 4) is 5.75 Å². The van der Waals surface area contributed by atoms with Crippen molar-refractivity contribution in [3.05, 3.63) is 24.0 Å². The number of hydrogen-bond acceptors (Lipinski definition) is 3. The molecule has 1 fully saturated rings. The van der Waals surface area contributed by atoms with Crippen LogP contribution in [0.2, 0.25) is 0 Å². The molecule has 0 heterocycles. The molecule has 0 radical (unpaired) electrons. The van der Waals surface area contributed by atoms with Crippen LogP contribution in [0.25, 0.3) is 0 Å². The highest BCUT2D eigenvalue weighted by Crippen LogP contribution is 2.39. The van der Waals surface area contributed by atoms with E-state index in [2.05, 4.69) is 12.2 Å². The van der Waals surface area contributed by atoms with Crippen LogP contribution in [0.4, 0.5) is 10.1 Å². The van der Waals surface area contributed by atoms with Gasteiger partial charge in [-0.1, -0.05) is 6.92 Å². The Morgan fingerprint density at radius 2 is 2.14 bits per heavy atom. The van der Waals surface area contributed by atoms with Crippen LogP contribution in [-0.4, -0.2) is 19.6 Å². The third-order valence-electron chi connectivity index (χ3n) is 4.51. The standard InChI is InChI=1S/C16H23FN2O2/c1-11-5-7-16(10-18,8-6-11)15(20)19-12-3-4-13(17)14(9-12)21-2/h3-4,9,11H,5-8,10,18H2,1-2H3,(H,19,20). The molecule has 1 aliphatic carbocycles. The van der Waals surface area contributed by atoms with Gasteiger partial charge in [0.1, 0.15) is 0 Å². The van der Waals surface area contributed by atoms with Crippen molar-refractivity contribution in [2.24, 2.45) is 17.1 Å². The number of benzene rings is 1. The Labute approximate surface area is 124 Å². The number of hydrogen-bond donors (Lipinski definition) is 2. The Bertz CT molecular complexity index is 511. The summed E-state index contributed by atoms with van der Waals surface area (Å²) in [7, 11) is 1.40. The van der Waals surface area contributed by atoms with Crippen LogP contribution in [0.3, 0.4) is 0 Å². The predicted molar refractivity (Wildman–Crippen MR) is 80.7 cm³/mol. The number of halogens is 1. The van der Waals surface area contributed by atoms with Crippen molar-refractivity contribution in [2.75, 3.05) is 19.0 Å². The fourth-order valence-corrected chi connectivity index (χ4v) is 2.84. The fourth-order valence-electron chi connectivity index (χ4n) is 2.84.